The predicted molar refractivity (Wildman–Crippen MR) is 65.0 cm³/mol. The van der Waals surface area contributed by atoms with Crippen LogP contribution in [0.15, 0.2) is 36.7 Å². The van der Waals surface area contributed by atoms with Gasteiger partial charge in [0.2, 0.25) is 0 Å². The highest BCUT2D eigenvalue weighted by atomic mass is 14.8. The molecule has 2 aromatic heterocycles. The van der Waals surface area contributed by atoms with Crippen LogP contribution >= 0.6 is 0 Å². The zero-order valence-electron chi connectivity index (χ0n) is 9.57. The van der Waals surface area contributed by atoms with Crippen LogP contribution in [0.2, 0.25) is 0 Å². The van der Waals surface area contributed by atoms with Gasteiger partial charge < -0.3 is 5.32 Å². The Balaban J connectivity index is 2.46. The second kappa shape index (κ2) is 4.86. The minimum absolute atomic E-state index is 0.804. The molecule has 0 bridgehead atoms. The first-order chi connectivity index (χ1) is 7.81. The van der Waals surface area contributed by atoms with Gasteiger partial charge in [0.1, 0.15) is 0 Å². The molecule has 0 unspecified atom stereocenters. The van der Waals surface area contributed by atoms with E-state index in [1.165, 1.54) is 11.1 Å². The van der Waals surface area contributed by atoms with Gasteiger partial charge in [-0.25, -0.2) is 0 Å². The molecule has 2 rings (SSSR count). The molecule has 0 amide bonds. The highest BCUT2D eigenvalue weighted by Crippen LogP contribution is 2.19. The van der Waals surface area contributed by atoms with Gasteiger partial charge in [0.15, 0.2) is 0 Å². The molecule has 0 aliphatic rings. The Morgan fingerprint density at radius 3 is 2.81 bits per heavy atom. The van der Waals surface area contributed by atoms with Crippen LogP contribution in [-0.2, 0) is 6.54 Å². The lowest BCUT2D eigenvalue weighted by atomic mass is 10.1. The number of hydrogen-bond acceptors (Lipinski definition) is 3. The van der Waals surface area contributed by atoms with Crippen molar-refractivity contribution in [3.8, 4) is 11.4 Å². The van der Waals surface area contributed by atoms with Gasteiger partial charge in [-0.15, -0.1) is 0 Å². The van der Waals surface area contributed by atoms with E-state index in [9.17, 15) is 0 Å². The molecule has 0 aromatic carbocycles. The molecule has 3 nitrogen and oxygen atoms in total. The van der Waals surface area contributed by atoms with E-state index in [1.54, 1.807) is 6.20 Å². The highest BCUT2D eigenvalue weighted by Gasteiger charge is 2.06. The van der Waals surface area contributed by atoms with E-state index in [1.807, 2.05) is 25.4 Å². The van der Waals surface area contributed by atoms with Crippen LogP contribution in [-0.4, -0.2) is 17.0 Å². The molecule has 0 atom stereocenters. The Hall–Kier alpha value is -1.74. The smallest absolute Gasteiger partial charge is 0.0931 e. The summed E-state index contributed by atoms with van der Waals surface area (Å²) in [6, 6.07) is 8.07. The van der Waals surface area contributed by atoms with Gasteiger partial charge in [-0.2, -0.15) is 0 Å². The Bertz CT molecular complexity index is 480. The molecule has 2 heterocycles. The van der Waals surface area contributed by atoms with E-state index in [0.29, 0.717) is 0 Å². The molecular formula is C13H15N3. The summed E-state index contributed by atoms with van der Waals surface area (Å²) in [5.41, 5.74) is 4.26. The second-order valence-electron chi connectivity index (χ2n) is 3.76. The average molecular weight is 213 g/mol. The second-order valence-corrected chi connectivity index (χ2v) is 3.76. The molecular weight excluding hydrogens is 198 g/mol. The Labute approximate surface area is 95.6 Å². The van der Waals surface area contributed by atoms with E-state index in [0.717, 1.165) is 17.9 Å². The number of pyridine rings is 2. The summed E-state index contributed by atoms with van der Waals surface area (Å²) in [5.74, 6) is 0. The fourth-order valence-corrected chi connectivity index (χ4v) is 1.67. The van der Waals surface area contributed by atoms with E-state index in [2.05, 4.69) is 34.3 Å². The maximum absolute atomic E-state index is 4.41. The van der Waals surface area contributed by atoms with Crippen molar-refractivity contribution < 1.29 is 0 Å². The largest absolute Gasteiger partial charge is 0.316 e. The summed E-state index contributed by atoms with van der Waals surface area (Å²) >= 11 is 0. The van der Waals surface area contributed by atoms with Crippen molar-refractivity contribution in [1.29, 1.82) is 0 Å². The maximum Gasteiger partial charge on any atom is 0.0931 e. The normalized spacial score (nSPS) is 10.4. The van der Waals surface area contributed by atoms with E-state index < -0.39 is 0 Å². The molecule has 0 aliphatic heterocycles. The minimum Gasteiger partial charge on any atom is -0.316 e. The fourth-order valence-electron chi connectivity index (χ4n) is 1.67. The SMILES string of the molecule is CNCc1cccnc1-c1cc(C)ccn1. The number of nitrogens with zero attached hydrogens (tertiary/aromatic N) is 2. The number of rotatable bonds is 3. The van der Waals surface area contributed by atoms with Gasteiger partial charge in [0, 0.05) is 18.9 Å². The summed E-state index contributed by atoms with van der Waals surface area (Å²) in [6.45, 7) is 2.87. The van der Waals surface area contributed by atoms with E-state index in [4.69, 9.17) is 0 Å². The van der Waals surface area contributed by atoms with Gasteiger partial charge in [-0.3, -0.25) is 9.97 Å². The maximum atomic E-state index is 4.41. The summed E-state index contributed by atoms with van der Waals surface area (Å²) in [5, 5.41) is 3.14. The lowest BCUT2D eigenvalue weighted by Gasteiger charge is -2.07. The first-order valence-electron chi connectivity index (χ1n) is 5.33. The molecule has 16 heavy (non-hydrogen) atoms. The molecule has 0 radical (unpaired) electrons. The molecule has 0 saturated carbocycles. The first-order valence-corrected chi connectivity index (χ1v) is 5.33. The van der Waals surface area contributed by atoms with Crippen LogP contribution in [0, 0.1) is 6.92 Å². The predicted octanol–water partition coefficient (Wildman–Crippen LogP) is 2.17. The standard InChI is InChI=1S/C13H15N3/c1-10-5-7-15-12(8-10)13-11(9-14-2)4-3-6-16-13/h3-8,14H,9H2,1-2H3. The van der Waals surface area contributed by atoms with Crippen molar-refractivity contribution in [1.82, 2.24) is 15.3 Å². The zero-order chi connectivity index (χ0) is 11.4. The minimum atomic E-state index is 0.804. The van der Waals surface area contributed by atoms with E-state index in [-0.39, 0.29) is 0 Å². The number of hydrogen-bond donors (Lipinski definition) is 1. The number of nitrogens with one attached hydrogen (secondary N) is 1. The number of aryl methyl sites for hydroxylation is 1. The average Bonchev–Trinajstić information content (AvgIpc) is 2.30. The van der Waals surface area contributed by atoms with Gasteiger partial charge in [-0.1, -0.05) is 6.07 Å². The van der Waals surface area contributed by atoms with Crippen molar-refractivity contribution in [3.63, 3.8) is 0 Å². The summed E-state index contributed by atoms with van der Waals surface area (Å²) in [7, 11) is 1.93. The third-order valence-corrected chi connectivity index (χ3v) is 2.42. The van der Waals surface area contributed by atoms with Gasteiger partial charge >= 0.3 is 0 Å². The quantitative estimate of drug-likeness (QED) is 0.849. The van der Waals surface area contributed by atoms with Crippen molar-refractivity contribution in [3.05, 3.63) is 47.8 Å². The third kappa shape index (κ3) is 2.25. The molecule has 0 saturated heterocycles. The fraction of sp³-hybridized carbons (Fsp3) is 0.231. The van der Waals surface area contributed by atoms with Crippen molar-refractivity contribution in [2.45, 2.75) is 13.5 Å². The van der Waals surface area contributed by atoms with Gasteiger partial charge in [-0.05, 0) is 43.3 Å². The molecule has 82 valence electrons. The van der Waals surface area contributed by atoms with Crippen LogP contribution in [0.1, 0.15) is 11.1 Å². The highest BCUT2D eigenvalue weighted by molar-refractivity contribution is 5.59. The Morgan fingerprint density at radius 2 is 2.06 bits per heavy atom. The summed E-state index contributed by atoms with van der Waals surface area (Å²) in [6.07, 6.45) is 3.63. The molecule has 0 aliphatic carbocycles. The monoisotopic (exact) mass is 213 g/mol. The topological polar surface area (TPSA) is 37.8 Å². The van der Waals surface area contributed by atoms with E-state index >= 15 is 0 Å². The summed E-state index contributed by atoms with van der Waals surface area (Å²) in [4.78, 5) is 8.77. The Kier molecular flexibility index (Phi) is 3.27. The van der Waals surface area contributed by atoms with Crippen molar-refractivity contribution in [2.75, 3.05) is 7.05 Å². The lowest BCUT2D eigenvalue weighted by molar-refractivity contribution is 0.814. The third-order valence-electron chi connectivity index (χ3n) is 2.42. The van der Waals surface area contributed by atoms with Crippen LogP contribution in [0.25, 0.3) is 11.4 Å². The molecule has 2 aromatic rings. The number of aromatic nitrogens is 2. The van der Waals surface area contributed by atoms with Crippen LogP contribution in [0.3, 0.4) is 0 Å². The van der Waals surface area contributed by atoms with Gasteiger partial charge in [0.25, 0.3) is 0 Å². The lowest BCUT2D eigenvalue weighted by Crippen LogP contribution is -2.07. The molecule has 0 fully saturated rings. The van der Waals surface area contributed by atoms with Crippen molar-refractivity contribution in [2.24, 2.45) is 0 Å². The zero-order valence-corrected chi connectivity index (χ0v) is 9.57. The Morgan fingerprint density at radius 1 is 1.19 bits per heavy atom. The first kappa shape index (κ1) is 10.8. The van der Waals surface area contributed by atoms with Crippen LogP contribution < -0.4 is 5.32 Å². The molecule has 3 heteroatoms. The molecule has 0 spiro atoms. The van der Waals surface area contributed by atoms with Crippen LogP contribution in [0.5, 0.6) is 0 Å². The van der Waals surface area contributed by atoms with Crippen molar-refractivity contribution >= 4 is 0 Å². The molecule has 1 N–H and O–H groups in total. The van der Waals surface area contributed by atoms with Gasteiger partial charge in [0.05, 0.1) is 11.4 Å². The summed E-state index contributed by atoms with van der Waals surface area (Å²) < 4.78 is 0. The van der Waals surface area contributed by atoms with Crippen LogP contribution in [0.4, 0.5) is 0 Å².